The molecular formula is C21H24N2O5. The van der Waals surface area contributed by atoms with Gasteiger partial charge in [-0.3, -0.25) is 19.3 Å². The van der Waals surface area contributed by atoms with Crippen molar-refractivity contribution in [1.82, 2.24) is 9.80 Å². The fourth-order valence-electron chi connectivity index (χ4n) is 4.33. The van der Waals surface area contributed by atoms with Gasteiger partial charge >= 0.3 is 5.97 Å². The van der Waals surface area contributed by atoms with Crippen LogP contribution < -0.4 is 0 Å². The topological polar surface area (TPSA) is 84.0 Å². The Hall–Kier alpha value is -2.70. The van der Waals surface area contributed by atoms with E-state index < -0.39 is 5.97 Å². The van der Waals surface area contributed by atoms with Crippen molar-refractivity contribution in [3.63, 3.8) is 0 Å². The third-order valence-corrected chi connectivity index (χ3v) is 5.88. The summed E-state index contributed by atoms with van der Waals surface area (Å²) in [5.74, 6) is -1.49. The van der Waals surface area contributed by atoms with Gasteiger partial charge in [0, 0.05) is 19.1 Å². The number of benzene rings is 1. The second kappa shape index (κ2) is 7.73. The third-order valence-electron chi connectivity index (χ3n) is 5.88. The van der Waals surface area contributed by atoms with Crippen LogP contribution in [0.5, 0.6) is 0 Å². The van der Waals surface area contributed by atoms with Crippen LogP contribution in [0.15, 0.2) is 18.2 Å². The standard InChI is InChI=1S/C21H24N2O5/c24-18(22-10-4-5-11-22)13-28-21(27)14-8-9-16-17(12-14)20(26)23(19(16)25)15-6-2-1-3-7-15/h8-9,12,15H,1-7,10-11,13H2. The lowest BCUT2D eigenvalue weighted by Gasteiger charge is -2.29. The molecule has 1 saturated heterocycles. The van der Waals surface area contributed by atoms with Gasteiger partial charge in [-0.1, -0.05) is 19.3 Å². The second-order valence-electron chi connectivity index (χ2n) is 7.70. The van der Waals surface area contributed by atoms with Crippen LogP contribution in [0.3, 0.4) is 0 Å². The highest BCUT2D eigenvalue weighted by Gasteiger charge is 2.40. The second-order valence-corrected chi connectivity index (χ2v) is 7.70. The van der Waals surface area contributed by atoms with Crippen LogP contribution in [-0.2, 0) is 9.53 Å². The highest BCUT2D eigenvalue weighted by atomic mass is 16.5. The Kier molecular flexibility index (Phi) is 5.15. The maximum Gasteiger partial charge on any atom is 0.338 e. The van der Waals surface area contributed by atoms with Crippen LogP contribution in [0.25, 0.3) is 0 Å². The molecule has 148 valence electrons. The zero-order valence-corrected chi connectivity index (χ0v) is 15.8. The minimum absolute atomic E-state index is 0.0605. The lowest BCUT2D eigenvalue weighted by atomic mass is 9.94. The van der Waals surface area contributed by atoms with Crippen molar-refractivity contribution >= 4 is 23.7 Å². The van der Waals surface area contributed by atoms with Crippen LogP contribution in [0, 0.1) is 0 Å². The fourth-order valence-corrected chi connectivity index (χ4v) is 4.33. The Morgan fingerprint density at radius 2 is 1.61 bits per heavy atom. The van der Waals surface area contributed by atoms with Crippen molar-refractivity contribution in [2.45, 2.75) is 51.0 Å². The molecule has 1 aromatic carbocycles. The highest BCUT2D eigenvalue weighted by molar-refractivity contribution is 6.22. The van der Waals surface area contributed by atoms with Crippen molar-refractivity contribution < 1.29 is 23.9 Å². The van der Waals surface area contributed by atoms with Gasteiger partial charge in [0.1, 0.15) is 0 Å². The Morgan fingerprint density at radius 1 is 0.929 bits per heavy atom. The number of hydrogen-bond donors (Lipinski definition) is 0. The Balaban J connectivity index is 1.45. The van der Waals surface area contributed by atoms with E-state index in [9.17, 15) is 19.2 Å². The van der Waals surface area contributed by atoms with E-state index in [1.54, 1.807) is 4.90 Å². The maximum atomic E-state index is 12.8. The number of ether oxygens (including phenoxy) is 1. The minimum atomic E-state index is -0.660. The lowest BCUT2D eigenvalue weighted by Crippen LogP contribution is -2.40. The Labute approximate surface area is 163 Å². The summed E-state index contributed by atoms with van der Waals surface area (Å²) >= 11 is 0. The molecule has 3 aliphatic rings. The average molecular weight is 384 g/mol. The number of fused-ring (bicyclic) bond motifs is 1. The summed E-state index contributed by atoms with van der Waals surface area (Å²) in [7, 11) is 0. The first-order valence-electron chi connectivity index (χ1n) is 10.0. The van der Waals surface area contributed by atoms with Crippen molar-refractivity contribution in [3.05, 3.63) is 34.9 Å². The molecular weight excluding hydrogens is 360 g/mol. The number of esters is 1. The SMILES string of the molecule is O=C(OCC(=O)N1CCCC1)c1ccc2c(c1)C(=O)N(C1CCCCC1)C2=O. The summed E-state index contributed by atoms with van der Waals surface area (Å²) in [6.07, 6.45) is 6.77. The van der Waals surface area contributed by atoms with E-state index in [1.807, 2.05) is 0 Å². The monoisotopic (exact) mass is 384 g/mol. The van der Waals surface area contributed by atoms with E-state index in [0.29, 0.717) is 18.7 Å². The first-order chi connectivity index (χ1) is 13.6. The molecule has 7 nitrogen and oxygen atoms in total. The number of hydrogen-bond acceptors (Lipinski definition) is 5. The molecule has 0 spiro atoms. The van der Waals surface area contributed by atoms with E-state index in [2.05, 4.69) is 0 Å². The maximum absolute atomic E-state index is 12.8. The van der Waals surface area contributed by atoms with Gasteiger partial charge in [-0.2, -0.15) is 0 Å². The molecule has 0 N–H and O–H groups in total. The zero-order valence-electron chi connectivity index (χ0n) is 15.8. The quantitative estimate of drug-likeness (QED) is 0.588. The first-order valence-corrected chi connectivity index (χ1v) is 10.0. The molecule has 28 heavy (non-hydrogen) atoms. The molecule has 2 heterocycles. The molecule has 1 aliphatic carbocycles. The molecule has 0 aromatic heterocycles. The number of rotatable bonds is 4. The molecule has 1 saturated carbocycles. The van der Waals surface area contributed by atoms with Crippen molar-refractivity contribution in [2.24, 2.45) is 0 Å². The largest absolute Gasteiger partial charge is 0.452 e. The summed E-state index contributed by atoms with van der Waals surface area (Å²) < 4.78 is 5.13. The Morgan fingerprint density at radius 3 is 2.32 bits per heavy atom. The Bertz CT molecular complexity index is 822. The number of amides is 3. The molecule has 3 amide bonds. The molecule has 2 fully saturated rings. The fraction of sp³-hybridized carbons (Fsp3) is 0.524. The number of imide groups is 1. The zero-order chi connectivity index (χ0) is 19.7. The molecule has 0 bridgehead atoms. The highest BCUT2D eigenvalue weighted by Crippen LogP contribution is 2.31. The summed E-state index contributed by atoms with van der Waals surface area (Å²) in [6.45, 7) is 1.09. The average Bonchev–Trinajstić information content (AvgIpc) is 3.34. The van der Waals surface area contributed by atoms with E-state index >= 15 is 0 Å². The van der Waals surface area contributed by atoms with E-state index in [1.165, 1.54) is 23.1 Å². The van der Waals surface area contributed by atoms with Crippen LogP contribution in [0.4, 0.5) is 0 Å². The van der Waals surface area contributed by atoms with Crippen LogP contribution in [0.1, 0.15) is 76.0 Å². The summed E-state index contributed by atoms with van der Waals surface area (Å²) in [4.78, 5) is 52.9. The smallest absolute Gasteiger partial charge is 0.338 e. The summed E-state index contributed by atoms with van der Waals surface area (Å²) in [5.41, 5.74) is 0.760. The van der Waals surface area contributed by atoms with Gasteiger partial charge in [0.2, 0.25) is 0 Å². The van der Waals surface area contributed by atoms with Gasteiger partial charge in [-0.25, -0.2) is 4.79 Å². The predicted octanol–water partition coefficient (Wildman–Crippen LogP) is 2.39. The van der Waals surface area contributed by atoms with Gasteiger partial charge in [0.15, 0.2) is 6.61 Å². The molecule has 1 aromatic rings. The van der Waals surface area contributed by atoms with Gasteiger partial charge in [0.25, 0.3) is 17.7 Å². The number of carbonyl (C=O) groups excluding carboxylic acids is 4. The van der Waals surface area contributed by atoms with Crippen molar-refractivity contribution in [3.8, 4) is 0 Å². The first kappa shape index (κ1) is 18.7. The van der Waals surface area contributed by atoms with Crippen LogP contribution in [0.2, 0.25) is 0 Å². The summed E-state index contributed by atoms with van der Waals surface area (Å²) in [5, 5.41) is 0. The molecule has 0 atom stereocenters. The van der Waals surface area contributed by atoms with Crippen molar-refractivity contribution in [2.75, 3.05) is 19.7 Å². The number of likely N-dealkylation sites (tertiary alicyclic amines) is 1. The van der Waals surface area contributed by atoms with E-state index in [4.69, 9.17) is 4.74 Å². The van der Waals surface area contributed by atoms with Gasteiger partial charge in [-0.15, -0.1) is 0 Å². The lowest BCUT2D eigenvalue weighted by molar-refractivity contribution is -0.133. The van der Waals surface area contributed by atoms with E-state index in [0.717, 1.165) is 44.9 Å². The van der Waals surface area contributed by atoms with Gasteiger partial charge in [0.05, 0.1) is 16.7 Å². The normalized spacial score (nSPS) is 19.9. The minimum Gasteiger partial charge on any atom is -0.452 e. The molecule has 0 radical (unpaired) electrons. The number of carbonyl (C=O) groups is 4. The number of nitrogens with zero attached hydrogens (tertiary/aromatic N) is 2. The van der Waals surface area contributed by atoms with Crippen LogP contribution in [-0.4, -0.2) is 59.2 Å². The van der Waals surface area contributed by atoms with E-state index in [-0.39, 0.29) is 41.5 Å². The van der Waals surface area contributed by atoms with Crippen molar-refractivity contribution in [1.29, 1.82) is 0 Å². The predicted molar refractivity (Wildman–Crippen MR) is 99.9 cm³/mol. The van der Waals surface area contributed by atoms with Gasteiger partial charge < -0.3 is 9.64 Å². The molecule has 2 aliphatic heterocycles. The van der Waals surface area contributed by atoms with Crippen LogP contribution >= 0.6 is 0 Å². The molecule has 4 rings (SSSR count). The van der Waals surface area contributed by atoms with Gasteiger partial charge in [-0.05, 0) is 43.9 Å². The third kappa shape index (κ3) is 3.41. The molecule has 0 unspecified atom stereocenters. The molecule has 7 heteroatoms. The summed E-state index contributed by atoms with van der Waals surface area (Å²) in [6, 6.07) is 4.35.